The summed E-state index contributed by atoms with van der Waals surface area (Å²) in [6.07, 6.45) is 3.44. The molecule has 1 fully saturated rings. The first kappa shape index (κ1) is 17.2. The molecular formula is C16H22ClFN2O2. The lowest BCUT2D eigenvalue weighted by atomic mass is 10.0. The predicted octanol–water partition coefficient (Wildman–Crippen LogP) is 1.98. The topological polar surface area (TPSA) is 52.6 Å². The van der Waals surface area contributed by atoms with Gasteiger partial charge >= 0.3 is 0 Å². The van der Waals surface area contributed by atoms with Gasteiger partial charge in [0, 0.05) is 24.2 Å². The van der Waals surface area contributed by atoms with Crippen LogP contribution in [-0.2, 0) is 11.2 Å². The predicted molar refractivity (Wildman–Crippen MR) is 84.4 cm³/mol. The van der Waals surface area contributed by atoms with Gasteiger partial charge in [-0.2, -0.15) is 0 Å². The molecule has 0 bridgehead atoms. The number of hydrogen-bond acceptors (Lipinski definition) is 3. The van der Waals surface area contributed by atoms with Crippen molar-refractivity contribution >= 4 is 17.5 Å². The van der Waals surface area contributed by atoms with E-state index < -0.39 is 5.82 Å². The Labute approximate surface area is 135 Å². The van der Waals surface area contributed by atoms with Crippen LogP contribution in [0, 0.1) is 5.82 Å². The van der Waals surface area contributed by atoms with Crippen molar-refractivity contribution in [3.8, 4) is 0 Å². The Morgan fingerprint density at radius 3 is 3.00 bits per heavy atom. The summed E-state index contributed by atoms with van der Waals surface area (Å²) in [5.41, 5.74) is 0.617. The maximum absolute atomic E-state index is 13.0. The number of benzene rings is 1. The summed E-state index contributed by atoms with van der Waals surface area (Å²) in [6, 6.07) is 4.25. The van der Waals surface area contributed by atoms with Crippen LogP contribution < -0.4 is 5.32 Å². The average molecular weight is 329 g/mol. The Morgan fingerprint density at radius 1 is 1.45 bits per heavy atom. The third kappa shape index (κ3) is 4.93. The van der Waals surface area contributed by atoms with Crippen molar-refractivity contribution in [1.82, 2.24) is 10.2 Å². The normalized spacial score (nSPS) is 19.1. The zero-order valence-electron chi connectivity index (χ0n) is 12.5. The molecule has 1 heterocycles. The van der Waals surface area contributed by atoms with Gasteiger partial charge in [-0.1, -0.05) is 24.1 Å². The van der Waals surface area contributed by atoms with Gasteiger partial charge in [0.2, 0.25) is 5.91 Å². The standard InChI is InChI=1S/C16H22ClFN2O2/c17-15-10-13(18)5-4-12(15)9-16(22)19-6-8-20-7-2-1-3-14(20)11-21/h4-5,10,14,21H,1-3,6-9,11H2,(H,19,22)/t14-/m0/s1. The van der Waals surface area contributed by atoms with E-state index in [0.717, 1.165) is 32.4 Å². The molecule has 0 aliphatic carbocycles. The van der Waals surface area contributed by atoms with Gasteiger partial charge in [0.1, 0.15) is 5.82 Å². The number of likely N-dealkylation sites (tertiary alicyclic amines) is 1. The van der Waals surface area contributed by atoms with Crippen molar-refractivity contribution in [2.75, 3.05) is 26.2 Å². The van der Waals surface area contributed by atoms with E-state index in [1.54, 1.807) is 0 Å². The summed E-state index contributed by atoms with van der Waals surface area (Å²) in [7, 11) is 0. The Kier molecular flexibility index (Phi) is 6.61. The molecule has 22 heavy (non-hydrogen) atoms. The van der Waals surface area contributed by atoms with Crippen LogP contribution in [0.2, 0.25) is 5.02 Å². The Morgan fingerprint density at radius 2 is 2.27 bits per heavy atom. The summed E-state index contributed by atoms with van der Waals surface area (Å²) in [5.74, 6) is -0.541. The zero-order valence-corrected chi connectivity index (χ0v) is 13.3. The Balaban J connectivity index is 1.75. The van der Waals surface area contributed by atoms with Crippen molar-refractivity contribution in [2.24, 2.45) is 0 Å². The molecule has 1 aromatic carbocycles. The monoisotopic (exact) mass is 328 g/mol. The van der Waals surface area contributed by atoms with E-state index in [9.17, 15) is 14.3 Å². The van der Waals surface area contributed by atoms with Gasteiger partial charge < -0.3 is 10.4 Å². The highest BCUT2D eigenvalue weighted by molar-refractivity contribution is 6.31. The van der Waals surface area contributed by atoms with Gasteiger partial charge in [0.15, 0.2) is 0 Å². The Bertz CT molecular complexity index is 513. The van der Waals surface area contributed by atoms with Crippen LogP contribution in [0.1, 0.15) is 24.8 Å². The molecule has 0 aromatic heterocycles. The zero-order chi connectivity index (χ0) is 15.9. The highest BCUT2D eigenvalue weighted by Crippen LogP contribution is 2.18. The van der Waals surface area contributed by atoms with Gasteiger partial charge in [0.05, 0.1) is 13.0 Å². The molecule has 6 heteroatoms. The first-order valence-corrected chi connectivity index (χ1v) is 8.03. The number of aliphatic hydroxyl groups is 1. The van der Waals surface area contributed by atoms with Crippen molar-refractivity contribution in [3.63, 3.8) is 0 Å². The summed E-state index contributed by atoms with van der Waals surface area (Å²) in [5, 5.41) is 12.5. The SMILES string of the molecule is O=C(Cc1ccc(F)cc1Cl)NCCN1CCCC[C@H]1CO. The number of amides is 1. The number of piperidine rings is 1. The second kappa shape index (κ2) is 8.46. The third-order valence-electron chi connectivity index (χ3n) is 4.05. The average Bonchev–Trinajstić information content (AvgIpc) is 2.50. The molecular weight excluding hydrogens is 307 g/mol. The maximum atomic E-state index is 13.0. The molecule has 1 atom stereocenters. The fourth-order valence-electron chi connectivity index (χ4n) is 2.80. The third-order valence-corrected chi connectivity index (χ3v) is 4.40. The Hall–Kier alpha value is -1.17. The molecule has 122 valence electrons. The van der Waals surface area contributed by atoms with Crippen LogP contribution in [-0.4, -0.2) is 48.2 Å². The van der Waals surface area contributed by atoms with Crippen molar-refractivity contribution in [2.45, 2.75) is 31.7 Å². The number of carbonyl (C=O) groups excluding carboxylic acids is 1. The van der Waals surface area contributed by atoms with E-state index in [-0.39, 0.29) is 30.0 Å². The molecule has 1 amide bonds. The molecule has 2 rings (SSSR count). The van der Waals surface area contributed by atoms with E-state index in [2.05, 4.69) is 10.2 Å². The maximum Gasteiger partial charge on any atom is 0.224 e. The minimum Gasteiger partial charge on any atom is -0.395 e. The molecule has 1 aliphatic heterocycles. The first-order chi connectivity index (χ1) is 10.6. The fraction of sp³-hybridized carbons (Fsp3) is 0.562. The molecule has 0 saturated carbocycles. The summed E-state index contributed by atoms with van der Waals surface area (Å²) < 4.78 is 13.0. The van der Waals surface area contributed by atoms with E-state index in [1.807, 2.05) is 0 Å². The van der Waals surface area contributed by atoms with Crippen molar-refractivity contribution in [3.05, 3.63) is 34.6 Å². The van der Waals surface area contributed by atoms with Crippen LogP contribution in [0.25, 0.3) is 0 Å². The number of rotatable bonds is 6. The molecule has 2 N–H and O–H groups in total. The molecule has 1 saturated heterocycles. The number of aliphatic hydroxyl groups excluding tert-OH is 1. The van der Waals surface area contributed by atoms with Crippen LogP contribution in [0.4, 0.5) is 4.39 Å². The minimum atomic E-state index is -0.408. The van der Waals surface area contributed by atoms with Crippen LogP contribution in [0.3, 0.4) is 0 Å². The molecule has 0 radical (unpaired) electrons. The van der Waals surface area contributed by atoms with Crippen molar-refractivity contribution in [1.29, 1.82) is 0 Å². The number of carbonyl (C=O) groups is 1. The van der Waals surface area contributed by atoms with Crippen LogP contribution in [0.5, 0.6) is 0 Å². The van der Waals surface area contributed by atoms with E-state index in [0.29, 0.717) is 12.1 Å². The number of hydrogen-bond donors (Lipinski definition) is 2. The van der Waals surface area contributed by atoms with Gasteiger partial charge in [0.25, 0.3) is 0 Å². The van der Waals surface area contributed by atoms with Gasteiger partial charge in [-0.05, 0) is 37.1 Å². The molecule has 0 spiro atoms. The summed E-state index contributed by atoms with van der Waals surface area (Å²) in [4.78, 5) is 14.1. The largest absolute Gasteiger partial charge is 0.395 e. The minimum absolute atomic E-state index is 0.133. The van der Waals surface area contributed by atoms with Gasteiger partial charge in [-0.25, -0.2) is 4.39 Å². The number of nitrogens with one attached hydrogen (secondary N) is 1. The highest BCUT2D eigenvalue weighted by atomic mass is 35.5. The second-order valence-electron chi connectivity index (χ2n) is 5.63. The summed E-state index contributed by atoms with van der Waals surface area (Å²) in [6.45, 7) is 2.40. The molecule has 4 nitrogen and oxygen atoms in total. The lowest BCUT2D eigenvalue weighted by molar-refractivity contribution is -0.120. The molecule has 1 aliphatic rings. The van der Waals surface area contributed by atoms with E-state index in [1.165, 1.54) is 18.2 Å². The first-order valence-electron chi connectivity index (χ1n) is 7.65. The van der Waals surface area contributed by atoms with E-state index in [4.69, 9.17) is 11.6 Å². The van der Waals surface area contributed by atoms with Crippen molar-refractivity contribution < 1.29 is 14.3 Å². The number of nitrogens with zero attached hydrogens (tertiary/aromatic N) is 1. The van der Waals surface area contributed by atoms with E-state index >= 15 is 0 Å². The second-order valence-corrected chi connectivity index (χ2v) is 6.04. The lowest BCUT2D eigenvalue weighted by Gasteiger charge is -2.34. The quantitative estimate of drug-likeness (QED) is 0.839. The fourth-order valence-corrected chi connectivity index (χ4v) is 3.03. The van der Waals surface area contributed by atoms with Crippen LogP contribution in [0.15, 0.2) is 18.2 Å². The summed E-state index contributed by atoms with van der Waals surface area (Å²) >= 11 is 5.91. The molecule has 0 unspecified atom stereocenters. The van der Waals surface area contributed by atoms with Crippen LogP contribution >= 0.6 is 11.6 Å². The highest BCUT2D eigenvalue weighted by Gasteiger charge is 2.21. The van der Waals surface area contributed by atoms with Gasteiger partial charge in [-0.3, -0.25) is 9.69 Å². The lowest BCUT2D eigenvalue weighted by Crippen LogP contribution is -2.45. The smallest absolute Gasteiger partial charge is 0.224 e. The molecule has 1 aromatic rings. The van der Waals surface area contributed by atoms with Gasteiger partial charge in [-0.15, -0.1) is 0 Å². The number of halogens is 2.